The molecule has 5 aliphatic rings. The third kappa shape index (κ3) is 21.1. The number of piperazine rings is 1. The van der Waals surface area contributed by atoms with Gasteiger partial charge in [-0.2, -0.15) is 0 Å². The Hall–Kier alpha value is -12.7. The van der Waals surface area contributed by atoms with Crippen molar-refractivity contribution in [2.45, 2.75) is 176 Å². The first-order chi connectivity index (χ1) is 61.2. The lowest BCUT2D eigenvalue weighted by Gasteiger charge is -2.36. The molecule has 2 saturated heterocycles. The number of unbranched alkanes of at least 4 members (excludes halogenated alkanes) is 8. The Balaban J connectivity index is 0.000000212. The second-order valence-electron chi connectivity index (χ2n) is 34.6. The summed E-state index contributed by atoms with van der Waals surface area (Å²) in [5.41, 5.74) is 10.9. The Morgan fingerprint density at radius 1 is 0.504 bits per heavy atom. The van der Waals surface area contributed by atoms with Crippen molar-refractivity contribution < 1.29 is 66.5 Å². The molecule has 28 heteroatoms. The maximum atomic E-state index is 15.5. The van der Waals surface area contributed by atoms with Crippen LogP contribution in [0, 0.1) is 19.7 Å². The van der Waals surface area contributed by atoms with Crippen LogP contribution in [0.5, 0.6) is 11.5 Å². The average Bonchev–Trinajstić information content (AvgIpc) is 1.62. The first-order valence-corrected chi connectivity index (χ1v) is 45.3. The molecule has 0 bridgehead atoms. The zero-order chi connectivity index (χ0) is 89.2. The largest absolute Gasteiger partial charge is 0.493 e. The van der Waals surface area contributed by atoms with Gasteiger partial charge in [-0.15, -0.1) is 0 Å². The van der Waals surface area contributed by atoms with Crippen molar-refractivity contribution in [2.75, 3.05) is 84.4 Å². The number of hydrogen-bond acceptors (Lipinski definition) is 23. The quantitative estimate of drug-likeness (QED) is 0.0170. The van der Waals surface area contributed by atoms with Gasteiger partial charge in [0.05, 0.1) is 50.5 Å². The summed E-state index contributed by atoms with van der Waals surface area (Å²) < 4.78 is 41.8. The molecule has 7 aromatic carbocycles. The van der Waals surface area contributed by atoms with Crippen LogP contribution in [0.1, 0.15) is 214 Å². The van der Waals surface area contributed by atoms with E-state index in [0.29, 0.717) is 109 Å². The van der Waals surface area contributed by atoms with Crippen molar-refractivity contribution in [1.82, 2.24) is 35.1 Å². The highest BCUT2D eigenvalue weighted by Gasteiger charge is 2.46. The molecule has 0 saturated carbocycles. The van der Waals surface area contributed by atoms with Crippen LogP contribution in [0.2, 0.25) is 0 Å². The molecular weight excluding hydrogens is 1650 g/mol. The van der Waals surface area contributed by atoms with Crippen molar-refractivity contribution >= 4 is 124 Å². The number of anilines is 5. The van der Waals surface area contributed by atoms with Gasteiger partial charge in [-0.1, -0.05) is 128 Å². The van der Waals surface area contributed by atoms with Crippen LogP contribution in [0.15, 0.2) is 158 Å². The van der Waals surface area contributed by atoms with E-state index in [4.69, 9.17) is 28.9 Å². The Bertz CT molecular complexity index is 5960. The van der Waals surface area contributed by atoms with Crippen molar-refractivity contribution in [3.63, 3.8) is 0 Å². The molecule has 1 unspecified atom stereocenters. The molecule has 5 aliphatic heterocycles. The maximum Gasteiger partial charge on any atom is 0.358 e. The number of fused-ring (bicyclic) bond motifs is 5. The monoisotopic (exact) mass is 1750 g/mol. The number of para-hydroxylation sites is 2. The number of esters is 2. The number of aldehydes is 1. The number of rotatable bonds is 29. The van der Waals surface area contributed by atoms with Crippen LogP contribution < -0.4 is 40.1 Å². The van der Waals surface area contributed by atoms with Gasteiger partial charge in [0.25, 0.3) is 23.6 Å². The number of ether oxygens (including phenoxy) is 4. The molecule has 25 nitrogen and oxygen atoms in total. The van der Waals surface area contributed by atoms with Gasteiger partial charge in [0.15, 0.2) is 21.7 Å². The van der Waals surface area contributed by atoms with Gasteiger partial charge in [0, 0.05) is 87.5 Å². The molecule has 0 aliphatic carbocycles. The molecule has 127 heavy (non-hydrogen) atoms. The third-order valence-electron chi connectivity index (χ3n) is 23.4. The van der Waals surface area contributed by atoms with Crippen LogP contribution in [-0.2, 0) is 49.8 Å². The van der Waals surface area contributed by atoms with Crippen molar-refractivity contribution in [3.8, 4) is 33.8 Å². The van der Waals surface area contributed by atoms with Gasteiger partial charge in [0.2, 0.25) is 11.8 Å². The lowest BCUT2D eigenvalue weighted by molar-refractivity contribution is -0.136. The zero-order valence-corrected chi connectivity index (χ0v) is 74.5. The maximum absolute atomic E-state index is 15.5. The normalized spacial score (nSPS) is 15.3. The van der Waals surface area contributed by atoms with Crippen LogP contribution >= 0.6 is 22.7 Å². The molecule has 0 radical (unpaired) electrons. The number of piperidine rings is 1. The number of nitrogens with zero attached hydrogens (tertiary/aromatic N) is 9. The number of pyridine rings is 2. The number of imide groups is 2. The predicted molar refractivity (Wildman–Crippen MR) is 492 cm³/mol. The Morgan fingerprint density at radius 2 is 0.976 bits per heavy atom. The van der Waals surface area contributed by atoms with E-state index in [9.17, 15) is 43.2 Å². The SMILES string of the molecule is Cc1c(OCCCCCCC=O)cccc1-c1ccc(N2CCc3cccc(C(=O)Nc4nc5ccccc5s4)c3C2)nc1C(=O)OC(C)(C)C.Cc1c(OCCCCCCCN2CCN(c3cc4c(cc3F)C(=O)N(C3CCC(=O)NC3=O)C4=O)CC2)cccc1-c1ccc(N2CCc3cccc(C(=O)Nc4nc5ccccc5s4)c3C2)nc1C(=O)OC(C)(C)C. The number of amides is 6. The smallest absolute Gasteiger partial charge is 0.358 e. The topological polar surface area (TPSA) is 294 Å². The minimum absolute atomic E-state index is 0.0109. The highest BCUT2D eigenvalue weighted by molar-refractivity contribution is 7.22. The predicted octanol–water partition coefficient (Wildman–Crippen LogP) is 18.1. The molecule has 4 aromatic heterocycles. The molecule has 9 heterocycles. The number of aromatic nitrogens is 4. The molecule has 11 aromatic rings. The number of carbonyl (C=O) groups excluding carboxylic acids is 9. The van der Waals surface area contributed by atoms with E-state index in [2.05, 4.69) is 52.8 Å². The minimum atomic E-state index is -1.11. The van der Waals surface area contributed by atoms with Gasteiger partial charge >= 0.3 is 11.9 Å². The first-order valence-electron chi connectivity index (χ1n) is 43.7. The molecule has 658 valence electrons. The third-order valence-corrected chi connectivity index (χ3v) is 25.3. The fourth-order valence-corrected chi connectivity index (χ4v) is 18.6. The molecule has 2 fully saturated rings. The fraction of sp³-hybridized carbons (Fsp3) is 0.364. The molecule has 1 atom stereocenters. The summed E-state index contributed by atoms with van der Waals surface area (Å²) in [6.07, 6.45) is 11.8. The Morgan fingerprint density at radius 3 is 1.46 bits per heavy atom. The number of thiazole rings is 2. The second-order valence-corrected chi connectivity index (χ2v) is 36.6. The second kappa shape index (κ2) is 39.5. The molecule has 16 rings (SSSR count). The standard InChI is InChI=1S/C58H61FN8O8S.C41H44N4O5S/c1-35-37(38-20-22-49(61-51(38)56(73)75-58(2,3)4)66-26-24-36-14-12-16-39(42(36)34-66)52(69)63-57-60-44-17-8-9-19-48(44)76-57)15-13-18-47(35)74-31-11-7-5-6-10-25-64-27-29-65(30-28-64)46-33-41-40(32-43(46)59)54(71)67(55(41)72)45-21-23-50(68)62-53(45)70;1-27-29(15-13-18-34(27)49-25-11-7-5-6-10-24-46)30-20-21-36(43-37(30)39(48)50-41(2,3)4)45-23-22-28-14-12-16-31(32(28)26-45)38(47)44-40-42-33-17-8-9-19-35(33)51-40/h8-9,12-20,22,32-33,45H,5-7,10-11,21,23-31,34H2,1-4H3,(H,60,63,69)(H,62,68,70);8-9,12-21,24H,5-7,10-11,22-23,25-26H2,1-4H3,(H,42,44,47). The van der Waals surface area contributed by atoms with Gasteiger partial charge in [0.1, 0.15) is 52.5 Å². The summed E-state index contributed by atoms with van der Waals surface area (Å²) in [6.45, 7) is 21.8. The summed E-state index contributed by atoms with van der Waals surface area (Å²) in [5.74, 6) is -1.88. The molecule has 6 amide bonds. The zero-order valence-electron chi connectivity index (χ0n) is 72.9. The summed E-state index contributed by atoms with van der Waals surface area (Å²) in [7, 11) is 0. The lowest BCUT2D eigenvalue weighted by atomic mass is 9.94. The average molecular weight is 1750 g/mol. The highest BCUT2D eigenvalue weighted by Crippen LogP contribution is 2.41. The fourth-order valence-electron chi connectivity index (χ4n) is 16.9. The number of nitrogens with one attached hydrogen (secondary N) is 3. The van der Waals surface area contributed by atoms with Crippen LogP contribution in [-0.4, -0.2) is 160 Å². The van der Waals surface area contributed by atoms with Crippen molar-refractivity contribution in [1.29, 1.82) is 0 Å². The van der Waals surface area contributed by atoms with E-state index < -0.39 is 58.6 Å². The molecular formula is C99H105FN12O13S2. The summed E-state index contributed by atoms with van der Waals surface area (Å²) >= 11 is 2.88. The van der Waals surface area contributed by atoms with E-state index in [1.165, 1.54) is 28.7 Å². The van der Waals surface area contributed by atoms with Gasteiger partial charge in [-0.3, -0.25) is 54.5 Å². The van der Waals surface area contributed by atoms with E-state index in [-0.39, 0.29) is 52.9 Å². The first kappa shape index (κ1) is 89.2. The number of halogens is 1. The summed E-state index contributed by atoms with van der Waals surface area (Å²) in [4.78, 5) is 145. The van der Waals surface area contributed by atoms with E-state index in [1.54, 1.807) is 0 Å². The van der Waals surface area contributed by atoms with Crippen molar-refractivity contribution in [3.05, 3.63) is 231 Å². The van der Waals surface area contributed by atoms with E-state index >= 15 is 4.39 Å². The molecule has 0 spiro atoms. The number of carbonyl (C=O) groups is 9. The van der Waals surface area contributed by atoms with Gasteiger partial charge < -0.3 is 38.4 Å². The van der Waals surface area contributed by atoms with Gasteiger partial charge in [-0.05, 0) is 236 Å². The van der Waals surface area contributed by atoms with Crippen LogP contribution in [0.4, 0.5) is 32.0 Å². The summed E-state index contributed by atoms with van der Waals surface area (Å²) in [5, 5.41) is 9.31. The van der Waals surface area contributed by atoms with Gasteiger partial charge in [-0.25, -0.2) is 33.9 Å². The summed E-state index contributed by atoms with van der Waals surface area (Å²) in [6, 6.07) is 48.1. The van der Waals surface area contributed by atoms with E-state index in [1.807, 2.05) is 194 Å². The number of benzene rings is 7. The van der Waals surface area contributed by atoms with Crippen LogP contribution in [0.25, 0.3) is 42.7 Å². The minimum Gasteiger partial charge on any atom is -0.493 e. The Kier molecular flexibility index (Phi) is 27.7. The number of hydrogen-bond donors (Lipinski definition) is 3. The molecule has 3 N–H and O–H groups in total. The van der Waals surface area contributed by atoms with E-state index in [0.717, 1.165) is 178 Å². The highest BCUT2D eigenvalue weighted by atomic mass is 32.1. The van der Waals surface area contributed by atoms with Crippen LogP contribution in [0.3, 0.4) is 0 Å². The lowest BCUT2D eigenvalue weighted by Crippen LogP contribution is -2.54. The van der Waals surface area contributed by atoms with Crippen molar-refractivity contribution in [2.24, 2.45) is 0 Å². The Labute approximate surface area is 745 Å².